The number of H-pyrrole nitrogens is 1. The zero-order valence-corrected chi connectivity index (χ0v) is 9.42. The smallest absolute Gasteiger partial charge is 0.109 e. The van der Waals surface area contributed by atoms with E-state index in [1.165, 1.54) is 0 Å². The summed E-state index contributed by atoms with van der Waals surface area (Å²) in [5.74, 6) is 0. The van der Waals surface area contributed by atoms with E-state index in [1.54, 1.807) is 17.5 Å². The Hall–Kier alpha value is -1.20. The molecule has 0 aliphatic carbocycles. The molecule has 2 heterocycles. The van der Waals surface area contributed by atoms with Gasteiger partial charge in [-0.3, -0.25) is 5.10 Å². The lowest BCUT2D eigenvalue weighted by Crippen LogP contribution is -2.20. The van der Waals surface area contributed by atoms with Crippen LogP contribution in [0.4, 0.5) is 0 Å². The monoisotopic (exact) mass is 222 g/mol. The van der Waals surface area contributed by atoms with Gasteiger partial charge in [0.25, 0.3) is 0 Å². The van der Waals surface area contributed by atoms with Crippen molar-refractivity contribution in [1.82, 2.24) is 20.5 Å². The highest BCUT2D eigenvalue weighted by Gasteiger charge is 2.10. The van der Waals surface area contributed by atoms with E-state index in [0.29, 0.717) is 6.04 Å². The molecule has 15 heavy (non-hydrogen) atoms. The molecule has 0 saturated carbocycles. The second kappa shape index (κ2) is 5.04. The lowest BCUT2D eigenvalue weighted by molar-refractivity contribution is 0.511. The molecule has 80 valence electrons. The molecule has 0 aliphatic rings. The summed E-state index contributed by atoms with van der Waals surface area (Å²) >= 11 is 1.69. The maximum absolute atomic E-state index is 4.32. The van der Waals surface area contributed by atoms with Gasteiger partial charge in [0.1, 0.15) is 5.01 Å². The Balaban J connectivity index is 1.92. The third-order valence-electron chi connectivity index (χ3n) is 2.26. The quantitative estimate of drug-likeness (QED) is 0.814. The van der Waals surface area contributed by atoms with Crippen molar-refractivity contribution in [2.24, 2.45) is 0 Å². The van der Waals surface area contributed by atoms with Crippen LogP contribution in [0.5, 0.6) is 0 Å². The predicted octanol–water partition coefficient (Wildman–Crippen LogP) is 2.11. The standard InChI is InChI=1S/C10H14N4S/c1-2-9(10-11-5-6-15-10)12-7-8-3-4-13-14-8/h3-6,9,12H,2,7H2,1H3,(H,13,14). The SMILES string of the molecule is CCC(NCc1ccn[nH]1)c1nccs1. The average Bonchev–Trinajstić information content (AvgIpc) is 2.90. The van der Waals surface area contributed by atoms with E-state index in [-0.39, 0.29) is 0 Å². The van der Waals surface area contributed by atoms with Gasteiger partial charge in [0, 0.05) is 30.0 Å². The Morgan fingerprint density at radius 3 is 3.07 bits per heavy atom. The first-order valence-corrected chi connectivity index (χ1v) is 5.89. The molecule has 4 nitrogen and oxygen atoms in total. The summed E-state index contributed by atoms with van der Waals surface area (Å²) in [4.78, 5) is 4.32. The van der Waals surface area contributed by atoms with Crippen molar-refractivity contribution >= 4 is 11.3 Å². The molecule has 2 N–H and O–H groups in total. The molecule has 2 aromatic heterocycles. The molecular formula is C10H14N4S. The van der Waals surface area contributed by atoms with Crippen LogP contribution >= 0.6 is 11.3 Å². The Bertz CT molecular complexity index is 368. The van der Waals surface area contributed by atoms with Gasteiger partial charge in [-0.2, -0.15) is 5.10 Å². The van der Waals surface area contributed by atoms with Crippen LogP contribution in [0.1, 0.15) is 30.1 Å². The Morgan fingerprint density at radius 2 is 2.47 bits per heavy atom. The van der Waals surface area contributed by atoms with Crippen LogP contribution in [0, 0.1) is 0 Å². The van der Waals surface area contributed by atoms with Crippen molar-refractivity contribution in [2.45, 2.75) is 25.9 Å². The highest BCUT2D eigenvalue weighted by Crippen LogP contribution is 2.18. The fourth-order valence-electron chi connectivity index (χ4n) is 1.43. The zero-order chi connectivity index (χ0) is 10.5. The highest BCUT2D eigenvalue weighted by atomic mass is 32.1. The third-order valence-corrected chi connectivity index (χ3v) is 3.14. The maximum Gasteiger partial charge on any atom is 0.109 e. The van der Waals surface area contributed by atoms with E-state index in [4.69, 9.17) is 0 Å². The molecule has 5 heteroatoms. The summed E-state index contributed by atoms with van der Waals surface area (Å²) in [6.07, 6.45) is 4.66. The van der Waals surface area contributed by atoms with Crippen molar-refractivity contribution in [3.63, 3.8) is 0 Å². The topological polar surface area (TPSA) is 53.6 Å². The number of hydrogen-bond donors (Lipinski definition) is 2. The number of aromatic nitrogens is 3. The maximum atomic E-state index is 4.32. The van der Waals surface area contributed by atoms with Crippen LogP contribution in [-0.2, 0) is 6.54 Å². The molecule has 0 fully saturated rings. The molecule has 0 aromatic carbocycles. The first kappa shape index (κ1) is 10.3. The van der Waals surface area contributed by atoms with Gasteiger partial charge in [-0.25, -0.2) is 4.98 Å². The van der Waals surface area contributed by atoms with Gasteiger partial charge >= 0.3 is 0 Å². The number of nitrogens with one attached hydrogen (secondary N) is 2. The van der Waals surface area contributed by atoms with Crippen LogP contribution in [0.25, 0.3) is 0 Å². The van der Waals surface area contributed by atoms with Crippen molar-refractivity contribution in [3.8, 4) is 0 Å². The molecule has 0 amide bonds. The lowest BCUT2D eigenvalue weighted by Gasteiger charge is -2.13. The highest BCUT2D eigenvalue weighted by molar-refractivity contribution is 7.09. The lowest BCUT2D eigenvalue weighted by atomic mass is 10.2. The number of thiazole rings is 1. The molecule has 2 aromatic rings. The summed E-state index contributed by atoms with van der Waals surface area (Å²) in [5, 5.41) is 13.5. The van der Waals surface area contributed by atoms with Crippen molar-refractivity contribution in [2.75, 3.05) is 0 Å². The minimum absolute atomic E-state index is 0.341. The minimum Gasteiger partial charge on any atom is -0.302 e. The molecule has 0 saturated heterocycles. The molecule has 0 aliphatic heterocycles. The molecule has 0 radical (unpaired) electrons. The van der Waals surface area contributed by atoms with E-state index in [2.05, 4.69) is 27.4 Å². The number of nitrogens with zero attached hydrogens (tertiary/aromatic N) is 2. The number of hydrogen-bond acceptors (Lipinski definition) is 4. The van der Waals surface area contributed by atoms with Gasteiger partial charge < -0.3 is 5.32 Å². The molecule has 0 spiro atoms. The Labute approximate surface area is 92.8 Å². The van der Waals surface area contributed by atoms with E-state index < -0.39 is 0 Å². The van der Waals surface area contributed by atoms with Crippen LogP contribution in [0.3, 0.4) is 0 Å². The van der Waals surface area contributed by atoms with Gasteiger partial charge in [-0.15, -0.1) is 11.3 Å². The summed E-state index contributed by atoms with van der Waals surface area (Å²) in [6, 6.07) is 2.31. The Kier molecular flexibility index (Phi) is 3.47. The average molecular weight is 222 g/mol. The number of rotatable bonds is 5. The normalized spacial score (nSPS) is 12.9. The van der Waals surface area contributed by atoms with Crippen molar-refractivity contribution in [1.29, 1.82) is 0 Å². The Morgan fingerprint density at radius 1 is 1.53 bits per heavy atom. The van der Waals surface area contributed by atoms with Gasteiger partial charge in [-0.1, -0.05) is 6.92 Å². The summed E-state index contributed by atoms with van der Waals surface area (Å²) < 4.78 is 0. The molecule has 2 rings (SSSR count). The second-order valence-corrected chi connectivity index (χ2v) is 4.22. The van der Waals surface area contributed by atoms with Gasteiger partial charge in [0.15, 0.2) is 0 Å². The van der Waals surface area contributed by atoms with Crippen LogP contribution in [0.2, 0.25) is 0 Å². The summed E-state index contributed by atoms with van der Waals surface area (Å²) in [5.41, 5.74) is 1.10. The van der Waals surface area contributed by atoms with Crippen molar-refractivity contribution in [3.05, 3.63) is 34.5 Å². The first-order valence-electron chi connectivity index (χ1n) is 5.01. The fraction of sp³-hybridized carbons (Fsp3) is 0.400. The van der Waals surface area contributed by atoms with E-state index in [1.807, 2.05) is 17.6 Å². The molecule has 1 unspecified atom stereocenters. The number of aromatic amines is 1. The van der Waals surface area contributed by atoms with E-state index in [9.17, 15) is 0 Å². The molecule has 0 bridgehead atoms. The van der Waals surface area contributed by atoms with Crippen LogP contribution in [0.15, 0.2) is 23.8 Å². The largest absolute Gasteiger partial charge is 0.302 e. The molecular weight excluding hydrogens is 208 g/mol. The zero-order valence-electron chi connectivity index (χ0n) is 8.60. The molecule has 1 atom stereocenters. The summed E-state index contributed by atoms with van der Waals surface area (Å²) in [7, 11) is 0. The summed E-state index contributed by atoms with van der Waals surface area (Å²) in [6.45, 7) is 2.96. The van der Waals surface area contributed by atoms with E-state index in [0.717, 1.165) is 23.7 Å². The van der Waals surface area contributed by atoms with Crippen molar-refractivity contribution < 1.29 is 0 Å². The minimum atomic E-state index is 0.341. The van der Waals surface area contributed by atoms with Crippen LogP contribution in [-0.4, -0.2) is 15.2 Å². The predicted molar refractivity (Wildman–Crippen MR) is 60.6 cm³/mol. The van der Waals surface area contributed by atoms with Crippen LogP contribution < -0.4 is 5.32 Å². The third kappa shape index (κ3) is 2.64. The first-order chi connectivity index (χ1) is 7.40. The van der Waals surface area contributed by atoms with Gasteiger partial charge in [-0.05, 0) is 12.5 Å². The van der Waals surface area contributed by atoms with Gasteiger partial charge in [0.05, 0.1) is 6.04 Å². The fourth-order valence-corrected chi connectivity index (χ4v) is 2.23. The van der Waals surface area contributed by atoms with E-state index >= 15 is 0 Å². The van der Waals surface area contributed by atoms with Gasteiger partial charge in [0.2, 0.25) is 0 Å². The second-order valence-electron chi connectivity index (χ2n) is 3.29.